The molecule has 0 bridgehead atoms. The molecule has 5 heteroatoms. The Morgan fingerprint density at radius 3 is 2.86 bits per heavy atom. The maximum Gasteiger partial charge on any atom is 0.336 e. The minimum atomic E-state index is -0.972. The van der Waals surface area contributed by atoms with Gasteiger partial charge in [0.2, 0.25) is 0 Å². The molecule has 0 fully saturated rings. The molecule has 1 aromatic carbocycles. The molecule has 1 unspecified atom stereocenters. The van der Waals surface area contributed by atoms with Crippen molar-refractivity contribution in [2.75, 3.05) is 7.11 Å². The number of rotatable bonds is 3. The van der Waals surface area contributed by atoms with Gasteiger partial charge in [-0.1, -0.05) is 19.1 Å². The molecular weight excluding hydrogens is 381 g/mol. The van der Waals surface area contributed by atoms with E-state index in [1.165, 1.54) is 7.11 Å². The van der Waals surface area contributed by atoms with Gasteiger partial charge in [-0.25, -0.2) is 4.79 Å². The third-order valence-electron chi connectivity index (χ3n) is 3.04. The lowest BCUT2D eigenvalue weighted by Gasteiger charge is -2.11. The fraction of sp³-hybridized carbons (Fsp3) is 0.188. The van der Waals surface area contributed by atoms with Crippen LogP contribution in [0.5, 0.6) is 5.75 Å². The number of halogens is 1. The van der Waals surface area contributed by atoms with Crippen molar-refractivity contribution in [2.45, 2.75) is 10.8 Å². The molecule has 0 saturated carbocycles. The summed E-state index contributed by atoms with van der Waals surface area (Å²) in [4.78, 5) is 11.5. The highest BCUT2D eigenvalue weighted by molar-refractivity contribution is 14.2. The fourth-order valence-electron chi connectivity index (χ4n) is 1.96. The second-order valence-corrected chi connectivity index (χ2v) is 7.74. The minimum absolute atomic E-state index is 0.243. The maximum absolute atomic E-state index is 11.5. The Morgan fingerprint density at radius 2 is 2.24 bits per heavy atom. The van der Waals surface area contributed by atoms with Crippen LogP contribution in [0, 0.1) is 11.3 Å². The highest BCUT2D eigenvalue weighted by atomic mass is 127. The average molecular weight is 395 g/mol. The van der Waals surface area contributed by atoms with Crippen LogP contribution >= 0.6 is 20.7 Å². The summed E-state index contributed by atoms with van der Waals surface area (Å²) >= 11 is -0.298. The van der Waals surface area contributed by atoms with Gasteiger partial charge in [0, 0.05) is 15.1 Å². The van der Waals surface area contributed by atoms with Gasteiger partial charge in [-0.15, -0.1) is 20.7 Å². The molecule has 1 atom stereocenters. The summed E-state index contributed by atoms with van der Waals surface area (Å²) in [5.74, 6) is -0.397. The van der Waals surface area contributed by atoms with Crippen molar-refractivity contribution in [2.24, 2.45) is 0 Å². The number of carboxylic acids is 1. The van der Waals surface area contributed by atoms with E-state index in [1.54, 1.807) is 24.3 Å². The van der Waals surface area contributed by atoms with Crippen LogP contribution in [0.2, 0.25) is 0 Å². The molecule has 1 aliphatic heterocycles. The van der Waals surface area contributed by atoms with Gasteiger partial charge < -0.3 is 9.84 Å². The zero-order valence-electron chi connectivity index (χ0n) is 11.6. The molecule has 0 aromatic heterocycles. The number of alkyl halides is 1. The Kier molecular flexibility index (Phi) is 4.91. The number of benzene rings is 1. The number of hydrogen-bond acceptors (Lipinski definition) is 3. The second kappa shape index (κ2) is 6.68. The SMILES string of the molecule is COc1ccc(C#N)cc1C1=C(C(=O)O)C=CC(C)I=C1. The van der Waals surface area contributed by atoms with Crippen molar-refractivity contribution in [3.63, 3.8) is 0 Å². The normalized spacial score (nSPS) is 17.7. The molecule has 1 N–H and O–H groups in total. The number of nitriles is 1. The van der Waals surface area contributed by atoms with Crippen LogP contribution in [-0.4, -0.2) is 26.1 Å². The Morgan fingerprint density at radius 1 is 1.48 bits per heavy atom. The molecule has 0 radical (unpaired) electrons. The van der Waals surface area contributed by atoms with Gasteiger partial charge in [0.25, 0.3) is 0 Å². The monoisotopic (exact) mass is 395 g/mol. The average Bonchev–Trinajstić information content (AvgIpc) is 2.68. The first-order chi connectivity index (χ1) is 10.1. The Labute approximate surface area is 133 Å². The van der Waals surface area contributed by atoms with E-state index in [-0.39, 0.29) is 26.3 Å². The molecule has 0 saturated heterocycles. The number of nitrogens with zero attached hydrogens (tertiary/aromatic N) is 1. The van der Waals surface area contributed by atoms with Crippen molar-refractivity contribution < 1.29 is 14.6 Å². The van der Waals surface area contributed by atoms with Gasteiger partial charge in [-0.05, 0) is 22.2 Å². The molecule has 2 rings (SSSR count). The molecule has 4 nitrogen and oxygen atoms in total. The summed E-state index contributed by atoms with van der Waals surface area (Å²) < 4.78 is 7.71. The largest absolute Gasteiger partial charge is 0.496 e. The molecule has 108 valence electrons. The summed E-state index contributed by atoms with van der Waals surface area (Å²) in [5, 5.41) is 18.5. The lowest BCUT2D eigenvalue weighted by molar-refractivity contribution is -0.132. The van der Waals surface area contributed by atoms with E-state index in [0.717, 1.165) is 0 Å². The smallest absolute Gasteiger partial charge is 0.336 e. The predicted octanol–water partition coefficient (Wildman–Crippen LogP) is 3.14. The Bertz CT molecular complexity index is 711. The van der Waals surface area contributed by atoms with Crippen LogP contribution in [0.1, 0.15) is 18.1 Å². The van der Waals surface area contributed by atoms with Crippen LogP contribution in [0.25, 0.3) is 5.57 Å². The van der Waals surface area contributed by atoms with Crippen LogP contribution < -0.4 is 4.74 Å². The molecule has 1 aromatic rings. The van der Waals surface area contributed by atoms with Gasteiger partial charge in [-0.3, -0.25) is 0 Å². The van der Waals surface area contributed by atoms with Gasteiger partial charge >= 0.3 is 5.97 Å². The van der Waals surface area contributed by atoms with E-state index >= 15 is 0 Å². The minimum Gasteiger partial charge on any atom is -0.496 e. The molecule has 1 heterocycles. The maximum atomic E-state index is 11.5. The first kappa shape index (κ1) is 15.4. The zero-order chi connectivity index (χ0) is 15.4. The van der Waals surface area contributed by atoms with Crippen molar-refractivity contribution >= 4 is 36.3 Å². The standard InChI is InChI=1S/C16H14INO3/c1-10-3-5-12(16(19)20)14(8-17-10)13-7-11(9-18)4-6-15(13)21-2/h3-8,10H,1-2H3,(H,19,20). The summed E-state index contributed by atoms with van der Waals surface area (Å²) in [7, 11) is 1.54. The van der Waals surface area contributed by atoms with E-state index < -0.39 is 5.97 Å². The molecule has 0 spiro atoms. The number of methoxy groups -OCH3 is 1. The first-order valence-electron chi connectivity index (χ1n) is 6.26. The summed E-state index contributed by atoms with van der Waals surface area (Å²) in [6.45, 7) is 2.08. The lowest BCUT2D eigenvalue weighted by Crippen LogP contribution is -2.04. The fourth-order valence-corrected chi connectivity index (χ4v) is 4.01. The number of ether oxygens (including phenoxy) is 1. The topological polar surface area (TPSA) is 70.3 Å². The van der Waals surface area contributed by atoms with Gasteiger partial charge in [0.1, 0.15) is 5.75 Å². The second-order valence-electron chi connectivity index (χ2n) is 4.43. The van der Waals surface area contributed by atoms with E-state index in [9.17, 15) is 9.90 Å². The van der Waals surface area contributed by atoms with Crippen LogP contribution in [0.3, 0.4) is 0 Å². The quantitative estimate of drug-likeness (QED) is 0.631. The zero-order valence-corrected chi connectivity index (χ0v) is 13.8. The van der Waals surface area contributed by atoms with Crippen molar-refractivity contribution in [3.05, 3.63) is 47.1 Å². The van der Waals surface area contributed by atoms with Crippen molar-refractivity contribution in [3.8, 4) is 11.8 Å². The number of carboxylic acid groups (broad SMARTS) is 1. The predicted molar refractivity (Wildman–Crippen MR) is 91.0 cm³/mol. The molecule has 1 aliphatic rings. The number of carbonyl (C=O) groups is 1. The van der Waals surface area contributed by atoms with E-state index in [0.29, 0.717) is 26.4 Å². The molecule has 0 amide bonds. The van der Waals surface area contributed by atoms with E-state index in [4.69, 9.17) is 10.00 Å². The highest BCUT2D eigenvalue weighted by Crippen LogP contribution is 2.32. The third kappa shape index (κ3) is 3.39. The van der Waals surface area contributed by atoms with Gasteiger partial charge in [0.15, 0.2) is 0 Å². The summed E-state index contributed by atoms with van der Waals surface area (Å²) in [6, 6.07) is 7.12. The van der Waals surface area contributed by atoms with Crippen LogP contribution in [0.15, 0.2) is 35.9 Å². The summed E-state index contributed by atoms with van der Waals surface area (Å²) in [5.41, 5.74) is 2.03. The summed E-state index contributed by atoms with van der Waals surface area (Å²) in [6.07, 6.45) is 3.59. The number of allylic oxidation sites excluding steroid dienone is 2. The third-order valence-corrected chi connectivity index (χ3v) is 5.57. The molecule has 21 heavy (non-hydrogen) atoms. The van der Waals surface area contributed by atoms with Crippen molar-refractivity contribution in [1.29, 1.82) is 5.26 Å². The Balaban J connectivity index is 2.72. The Hall–Kier alpha value is -1.94. The number of hydrogen-bond donors (Lipinski definition) is 1. The van der Waals surface area contributed by atoms with Crippen LogP contribution in [-0.2, 0) is 4.79 Å². The van der Waals surface area contributed by atoms with Gasteiger partial charge in [0.05, 0.1) is 24.3 Å². The molecular formula is C16H14INO3. The molecule has 0 aliphatic carbocycles. The van der Waals surface area contributed by atoms with Crippen molar-refractivity contribution in [1.82, 2.24) is 0 Å². The lowest BCUT2D eigenvalue weighted by atomic mass is 9.98. The number of aliphatic carboxylic acids is 1. The first-order valence-corrected chi connectivity index (χ1v) is 8.75. The van der Waals surface area contributed by atoms with Crippen LogP contribution in [0.4, 0.5) is 0 Å². The van der Waals surface area contributed by atoms with Gasteiger partial charge in [-0.2, -0.15) is 5.26 Å². The highest BCUT2D eigenvalue weighted by Gasteiger charge is 2.18. The van der Waals surface area contributed by atoms with E-state index in [2.05, 4.69) is 13.0 Å². The van der Waals surface area contributed by atoms with E-state index in [1.807, 2.05) is 10.1 Å².